The lowest BCUT2D eigenvalue weighted by Crippen LogP contribution is -2.31. The van der Waals surface area contributed by atoms with Gasteiger partial charge in [-0.25, -0.2) is 9.88 Å². The highest BCUT2D eigenvalue weighted by Crippen LogP contribution is 2.39. The van der Waals surface area contributed by atoms with Crippen LogP contribution in [0.2, 0.25) is 0 Å². The van der Waals surface area contributed by atoms with Crippen LogP contribution in [-0.2, 0) is 9.59 Å². The number of anilines is 1. The third-order valence-electron chi connectivity index (χ3n) is 4.10. The number of imide groups is 1. The molecule has 19 heavy (non-hydrogen) atoms. The summed E-state index contributed by atoms with van der Waals surface area (Å²) in [7, 11) is 0. The van der Waals surface area contributed by atoms with Crippen LogP contribution in [0.4, 0.5) is 5.82 Å². The highest BCUT2D eigenvalue weighted by atomic mass is 79.9. The van der Waals surface area contributed by atoms with Gasteiger partial charge in [-0.2, -0.15) is 0 Å². The normalized spacial score (nSPS) is 26.7. The van der Waals surface area contributed by atoms with E-state index in [2.05, 4.69) is 20.9 Å². The van der Waals surface area contributed by atoms with Gasteiger partial charge in [-0.1, -0.05) is 12.8 Å². The maximum Gasteiger partial charge on any atom is 0.238 e. The molecule has 1 aliphatic heterocycles. The summed E-state index contributed by atoms with van der Waals surface area (Å²) in [6.45, 7) is 1.92. The van der Waals surface area contributed by atoms with Crippen molar-refractivity contribution in [2.24, 2.45) is 11.8 Å². The van der Waals surface area contributed by atoms with E-state index in [9.17, 15) is 9.59 Å². The third kappa shape index (κ3) is 2.00. The smallest absolute Gasteiger partial charge is 0.238 e. The molecule has 1 saturated carbocycles. The van der Waals surface area contributed by atoms with Gasteiger partial charge in [-0.15, -0.1) is 0 Å². The lowest BCUT2D eigenvalue weighted by atomic mass is 9.81. The molecule has 2 fully saturated rings. The summed E-state index contributed by atoms with van der Waals surface area (Å²) in [6, 6.07) is 1.79. The molecular weight excluding hydrogens is 308 g/mol. The summed E-state index contributed by atoms with van der Waals surface area (Å²) in [5.41, 5.74) is 0.973. The highest BCUT2D eigenvalue weighted by molar-refractivity contribution is 9.10. The number of hydrogen-bond acceptors (Lipinski definition) is 3. The molecule has 2 amide bonds. The van der Waals surface area contributed by atoms with Gasteiger partial charge in [0, 0.05) is 10.7 Å². The molecule has 2 aliphatic rings. The van der Waals surface area contributed by atoms with E-state index in [4.69, 9.17) is 0 Å². The van der Waals surface area contributed by atoms with Crippen molar-refractivity contribution in [3.05, 3.63) is 22.3 Å². The van der Waals surface area contributed by atoms with Gasteiger partial charge in [0.05, 0.1) is 11.8 Å². The predicted octanol–water partition coefficient (Wildman–Crippen LogP) is 2.83. The summed E-state index contributed by atoms with van der Waals surface area (Å²) in [5, 5.41) is 0. The summed E-state index contributed by atoms with van der Waals surface area (Å²) >= 11 is 3.38. The average molecular weight is 323 g/mol. The quantitative estimate of drug-likeness (QED) is 0.747. The van der Waals surface area contributed by atoms with E-state index in [0.29, 0.717) is 5.82 Å². The Labute approximate surface area is 120 Å². The molecule has 0 N–H and O–H groups in total. The van der Waals surface area contributed by atoms with Crippen LogP contribution in [0.3, 0.4) is 0 Å². The predicted molar refractivity (Wildman–Crippen MR) is 74.6 cm³/mol. The summed E-state index contributed by atoms with van der Waals surface area (Å²) in [6.07, 6.45) is 5.40. The van der Waals surface area contributed by atoms with Crippen LogP contribution < -0.4 is 4.90 Å². The maximum atomic E-state index is 12.4. The second-order valence-corrected chi connectivity index (χ2v) is 6.16. The molecule has 2 heterocycles. The summed E-state index contributed by atoms with van der Waals surface area (Å²) < 4.78 is 0.882. The first-order valence-corrected chi connectivity index (χ1v) is 7.39. The number of aromatic nitrogens is 1. The molecule has 1 aromatic rings. The summed E-state index contributed by atoms with van der Waals surface area (Å²) in [5.74, 6) is 0.0944. The second kappa shape index (κ2) is 4.71. The van der Waals surface area contributed by atoms with Crippen molar-refractivity contribution in [3.8, 4) is 0 Å². The molecule has 100 valence electrons. The van der Waals surface area contributed by atoms with E-state index >= 15 is 0 Å². The average Bonchev–Trinajstić information content (AvgIpc) is 2.66. The van der Waals surface area contributed by atoms with Crippen molar-refractivity contribution in [1.82, 2.24) is 4.98 Å². The molecule has 1 aromatic heterocycles. The minimum Gasteiger partial charge on any atom is -0.274 e. The Bertz CT molecular complexity index is 534. The number of pyridine rings is 1. The van der Waals surface area contributed by atoms with E-state index in [1.165, 1.54) is 4.90 Å². The van der Waals surface area contributed by atoms with Crippen LogP contribution in [0.5, 0.6) is 0 Å². The van der Waals surface area contributed by atoms with Gasteiger partial charge in [-0.05, 0) is 47.3 Å². The minimum absolute atomic E-state index is 0.0658. The number of hydrogen-bond donors (Lipinski definition) is 0. The first kappa shape index (κ1) is 12.8. The Morgan fingerprint density at radius 3 is 2.32 bits per heavy atom. The zero-order valence-corrected chi connectivity index (χ0v) is 12.3. The number of halogens is 1. The van der Waals surface area contributed by atoms with E-state index in [1.807, 2.05) is 6.92 Å². The monoisotopic (exact) mass is 322 g/mol. The second-order valence-electron chi connectivity index (χ2n) is 5.30. The molecule has 5 heteroatoms. The number of fused-ring (bicyclic) bond motifs is 1. The van der Waals surface area contributed by atoms with Gasteiger partial charge < -0.3 is 0 Å². The molecule has 0 aromatic carbocycles. The first-order chi connectivity index (χ1) is 9.09. The molecule has 2 atom stereocenters. The van der Waals surface area contributed by atoms with Gasteiger partial charge in [0.15, 0.2) is 0 Å². The van der Waals surface area contributed by atoms with Gasteiger partial charge >= 0.3 is 0 Å². The molecule has 0 spiro atoms. The van der Waals surface area contributed by atoms with Crippen molar-refractivity contribution < 1.29 is 9.59 Å². The van der Waals surface area contributed by atoms with Crippen molar-refractivity contribution >= 4 is 33.6 Å². The van der Waals surface area contributed by atoms with Crippen LogP contribution in [0.25, 0.3) is 0 Å². The molecule has 1 aliphatic carbocycles. The van der Waals surface area contributed by atoms with Crippen LogP contribution in [0.1, 0.15) is 31.2 Å². The lowest BCUT2D eigenvalue weighted by Gasteiger charge is -2.19. The van der Waals surface area contributed by atoms with Crippen LogP contribution in [0.15, 0.2) is 16.7 Å². The van der Waals surface area contributed by atoms with Crippen molar-refractivity contribution in [1.29, 1.82) is 0 Å². The van der Waals surface area contributed by atoms with E-state index in [-0.39, 0.29) is 23.7 Å². The van der Waals surface area contributed by atoms with E-state index in [0.717, 1.165) is 35.7 Å². The molecular formula is C14H15BrN2O2. The fraction of sp³-hybridized carbons (Fsp3) is 0.500. The van der Waals surface area contributed by atoms with E-state index < -0.39 is 0 Å². The van der Waals surface area contributed by atoms with Gasteiger partial charge in [0.25, 0.3) is 0 Å². The number of carbonyl (C=O) groups excluding carboxylic acids is 2. The van der Waals surface area contributed by atoms with Gasteiger partial charge in [0.2, 0.25) is 11.8 Å². The summed E-state index contributed by atoms with van der Waals surface area (Å²) in [4.78, 5) is 30.3. The fourth-order valence-corrected chi connectivity index (χ4v) is 3.25. The lowest BCUT2D eigenvalue weighted by molar-refractivity contribution is -0.122. The topological polar surface area (TPSA) is 50.3 Å². The zero-order valence-electron chi connectivity index (χ0n) is 10.7. The third-order valence-corrected chi connectivity index (χ3v) is 4.93. The number of carbonyl (C=O) groups is 2. The largest absolute Gasteiger partial charge is 0.274 e. The fourth-order valence-electron chi connectivity index (χ4n) is 3.03. The maximum absolute atomic E-state index is 12.4. The molecule has 1 saturated heterocycles. The Hall–Kier alpha value is -1.23. The minimum atomic E-state index is -0.119. The van der Waals surface area contributed by atoms with Crippen molar-refractivity contribution in [2.75, 3.05) is 4.90 Å². The van der Waals surface area contributed by atoms with Crippen LogP contribution in [-0.4, -0.2) is 16.8 Å². The molecule has 2 unspecified atom stereocenters. The van der Waals surface area contributed by atoms with Gasteiger partial charge in [0.1, 0.15) is 5.82 Å². The Morgan fingerprint density at radius 1 is 1.21 bits per heavy atom. The highest BCUT2D eigenvalue weighted by Gasteiger charge is 2.49. The Kier molecular flexibility index (Phi) is 3.17. The number of aryl methyl sites for hydroxylation is 1. The first-order valence-electron chi connectivity index (χ1n) is 6.59. The van der Waals surface area contributed by atoms with E-state index in [1.54, 1.807) is 12.3 Å². The Balaban J connectivity index is 1.98. The van der Waals surface area contributed by atoms with Crippen LogP contribution in [0, 0.1) is 18.8 Å². The zero-order chi connectivity index (χ0) is 13.6. The molecule has 4 nitrogen and oxygen atoms in total. The molecule has 3 rings (SSSR count). The SMILES string of the molecule is Cc1cc(N2C(=O)C3CCCCC3C2=O)ncc1Br. The van der Waals surface area contributed by atoms with Crippen molar-refractivity contribution in [3.63, 3.8) is 0 Å². The number of nitrogens with zero attached hydrogens (tertiary/aromatic N) is 2. The Morgan fingerprint density at radius 2 is 1.79 bits per heavy atom. The molecule has 0 radical (unpaired) electrons. The number of rotatable bonds is 1. The number of amides is 2. The van der Waals surface area contributed by atoms with Crippen molar-refractivity contribution in [2.45, 2.75) is 32.6 Å². The molecule has 0 bridgehead atoms. The van der Waals surface area contributed by atoms with Gasteiger partial charge in [-0.3, -0.25) is 9.59 Å². The van der Waals surface area contributed by atoms with Crippen LogP contribution >= 0.6 is 15.9 Å². The standard InChI is InChI=1S/C14H15BrN2O2/c1-8-6-12(16-7-11(8)15)17-13(18)9-4-2-3-5-10(9)14(17)19/h6-7,9-10H,2-5H2,1H3.